The molecule has 1 unspecified atom stereocenters. The Bertz CT molecular complexity index is 599. The standard InChI is InChI=1S/C17H19ClFNO2/c1-12(21)9-20-10-13-4-2-5-14(8-13)22-11-15-16(18)6-3-7-17(15)19/h2-8,12,20-21H,9-11H2,1H3. The second-order valence-corrected chi connectivity index (χ2v) is 5.52. The molecule has 0 aliphatic rings. The van der Waals surface area contributed by atoms with Crippen LogP contribution < -0.4 is 10.1 Å². The van der Waals surface area contributed by atoms with E-state index >= 15 is 0 Å². The average Bonchev–Trinajstić information content (AvgIpc) is 2.47. The van der Waals surface area contributed by atoms with Crippen molar-refractivity contribution in [2.75, 3.05) is 6.54 Å². The van der Waals surface area contributed by atoms with Gasteiger partial charge in [-0.3, -0.25) is 0 Å². The van der Waals surface area contributed by atoms with Gasteiger partial charge in [-0.05, 0) is 36.8 Å². The van der Waals surface area contributed by atoms with E-state index in [4.69, 9.17) is 16.3 Å². The summed E-state index contributed by atoms with van der Waals surface area (Å²) in [4.78, 5) is 0. The average molecular weight is 324 g/mol. The summed E-state index contributed by atoms with van der Waals surface area (Å²) in [5.41, 5.74) is 1.37. The lowest BCUT2D eigenvalue weighted by atomic mass is 10.2. The van der Waals surface area contributed by atoms with E-state index in [1.54, 1.807) is 19.1 Å². The van der Waals surface area contributed by atoms with Gasteiger partial charge in [0.2, 0.25) is 0 Å². The van der Waals surface area contributed by atoms with Gasteiger partial charge in [-0.25, -0.2) is 4.39 Å². The summed E-state index contributed by atoms with van der Waals surface area (Å²) < 4.78 is 19.3. The monoisotopic (exact) mass is 323 g/mol. The Morgan fingerprint density at radius 3 is 2.77 bits per heavy atom. The van der Waals surface area contributed by atoms with Gasteiger partial charge in [0.05, 0.1) is 11.1 Å². The van der Waals surface area contributed by atoms with Gasteiger partial charge < -0.3 is 15.2 Å². The molecule has 118 valence electrons. The number of halogens is 2. The number of rotatable bonds is 7. The molecule has 0 aliphatic carbocycles. The van der Waals surface area contributed by atoms with E-state index in [0.29, 0.717) is 29.4 Å². The molecule has 2 rings (SSSR count). The van der Waals surface area contributed by atoms with Crippen molar-refractivity contribution in [3.05, 3.63) is 64.4 Å². The Kier molecular flexibility index (Phi) is 6.19. The van der Waals surface area contributed by atoms with Crippen LogP contribution in [0.2, 0.25) is 5.02 Å². The van der Waals surface area contributed by atoms with Crippen LogP contribution in [-0.4, -0.2) is 17.8 Å². The molecule has 2 N–H and O–H groups in total. The topological polar surface area (TPSA) is 41.5 Å². The number of aliphatic hydroxyl groups excluding tert-OH is 1. The molecule has 0 saturated heterocycles. The van der Waals surface area contributed by atoms with Crippen molar-refractivity contribution >= 4 is 11.6 Å². The van der Waals surface area contributed by atoms with Crippen molar-refractivity contribution < 1.29 is 14.2 Å². The number of hydrogen-bond donors (Lipinski definition) is 2. The van der Waals surface area contributed by atoms with E-state index in [0.717, 1.165) is 5.56 Å². The van der Waals surface area contributed by atoms with Gasteiger partial charge in [0, 0.05) is 18.7 Å². The molecule has 2 aromatic carbocycles. The minimum atomic E-state index is -0.386. The largest absolute Gasteiger partial charge is 0.489 e. The summed E-state index contributed by atoms with van der Waals surface area (Å²) in [5, 5.41) is 12.7. The molecule has 5 heteroatoms. The third-order valence-corrected chi connectivity index (χ3v) is 3.47. The Morgan fingerprint density at radius 2 is 2.05 bits per heavy atom. The Balaban J connectivity index is 1.96. The highest BCUT2D eigenvalue weighted by Gasteiger charge is 2.08. The molecular formula is C17H19ClFNO2. The number of hydrogen-bond acceptors (Lipinski definition) is 3. The fourth-order valence-electron chi connectivity index (χ4n) is 2.00. The molecule has 0 saturated carbocycles. The molecule has 22 heavy (non-hydrogen) atoms. The van der Waals surface area contributed by atoms with E-state index in [2.05, 4.69) is 5.32 Å². The number of nitrogens with one attached hydrogen (secondary N) is 1. The van der Waals surface area contributed by atoms with Crippen molar-refractivity contribution in [2.24, 2.45) is 0 Å². The van der Waals surface area contributed by atoms with Crippen LogP contribution in [0.15, 0.2) is 42.5 Å². The van der Waals surface area contributed by atoms with E-state index in [1.807, 2.05) is 24.3 Å². The third-order valence-electron chi connectivity index (χ3n) is 3.11. The third kappa shape index (κ3) is 4.98. The molecule has 0 spiro atoms. The second-order valence-electron chi connectivity index (χ2n) is 5.12. The van der Waals surface area contributed by atoms with Gasteiger partial charge in [0.25, 0.3) is 0 Å². The normalized spacial score (nSPS) is 12.2. The van der Waals surface area contributed by atoms with Crippen LogP contribution in [0.3, 0.4) is 0 Å². The SMILES string of the molecule is CC(O)CNCc1cccc(OCc2c(F)cccc2Cl)c1. The van der Waals surface area contributed by atoms with Gasteiger partial charge in [0.1, 0.15) is 18.2 Å². The van der Waals surface area contributed by atoms with E-state index in [9.17, 15) is 9.50 Å². The summed E-state index contributed by atoms with van der Waals surface area (Å²) in [6, 6.07) is 12.1. The van der Waals surface area contributed by atoms with Crippen molar-refractivity contribution in [2.45, 2.75) is 26.2 Å². The predicted molar refractivity (Wildman–Crippen MR) is 85.6 cm³/mol. The molecular weight excluding hydrogens is 305 g/mol. The first-order chi connectivity index (χ1) is 10.6. The fourth-order valence-corrected chi connectivity index (χ4v) is 2.21. The number of aliphatic hydroxyl groups is 1. The Labute approximate surface area is 134 Å². The van der Waals surface area contributed by atoms with Crippen molar-refractivity contribution in [3.63, 3.8) is 0 Å². The molecule has 1 atom stereocenters. The molecule has 0 aromatic heterocycles. The highest BCUT2D eigenvalue weighted by molar-refractivity contribution is 6.31. The fraction of sp³-hybridized carbons (Fsp3) is 0.294. The van der Waals surface area contributed by atoms with Crippen LogP contribution in [0, 0.1) is 5.82 Å². The van der Waals surface area contributed by atoms with Crippen LogP contribution in [-0.2, 0) is 13.2 Å². The first-order valence-electron chi connectivity index (χ1n) is 7.09. The maximum Gasteiger partial charge on any atom is 0.131 e. The zero-order chi connectivity index (χ0) is 15.9. The summed E-state index contributed by atoms with van der Waals surface area (Å²) in [7, 11) is 0. The minimum Gasteiger partial charge on any atom is -0.489 e. The number of benzene rings is 2. The maximum atomic E-state index is 13.7. The Hall–Kier alpha value is -1.62. The summed E-state index contributed by atoms with van der Waals surface area (Å²) in [6.45, 7) is 2.96. The Morgan fingerprint density at radius 1 is 1.27 bits per heavy atom. The van der Waals surface area contributed by atoms with Crippen LogP contribution >= 0.6 is 11.6 Å². The smallest absolute Gasteiger partial charge is 0.131 e. The van der Waals surface area contributed by atoms with Gasteiger partial charge >= 0.3 is 0 Å². The zero-order valence-corrected chi connectivity index (χ0v) is 13.1. The van der Waals surface area contributed by atoms with Crippen LogP contribution in [0.4, 0.5) is 4.39 Å². The lowest BCUT2D eigenvalue weighted by Gasteiger charge is -2.11. The van der Waals surface area contributed by atoms with Crippen LogP contribution in [0.5, 0.6) is 5.75 Å². The van der Waals surface area contributed by atoms with Gasteiger partial charge in [-0.2, -0.15) is 0 Å². The van der Waals surface area contributed by atoms with Crippen molar-refractivity contribution in [1.82, 2.24) is 5.32 Å². The number of ether oxygens (including phenoxy) is 1. The molecule has 0 radical (unpaired) electrons. The van der Waals surface area contributed by atoms with E-state index in [-0.39, 0.29) is 18.5 Å². The quantitative estimate of drug-likeness (QED) is 0.819. The summed E-state index contributed by atoms with van der Waals surface area (Å²) >= 11 is 5.97. The highest BCUT2D eigenvalue weighted by atomic mass is 35.5. The molecule has 0 bridgehead atoms. The van der Waals surface area contributed by atoms with Crippen LogP contribution in [0.25, 0.3) is 0 Å². The van der Waals surface area contributed by atoms with E-state index in [1.165, 1.54) is 6.07 Å². The minimum absolute atomic E-state index is 0.0794. The summed E-state index contributed by atoms with van der Waals surface area (Å²) in [6.07, 6.45) is -0.386. The van der Waals surface area contributed by atoms with Crippen molar-refractivity contribution in [3.8, 4) is 5.75 Å². The van der Waals surface area contributed by atoms with Gasteiger partial charge in [-0.15, -0.1) is 0 Å². The first kappa shape index (κ1) is 16.7. The molecule has 3 nitrogen and oxygen atoms in total. The lowest BCUT2D eigenvalue weighted by Crippen LogP contribution is -2.23. The van der Waals surface area contributed by atoms with Gasteiger partial charge in [-0.1, -0.05) is 29.8 Å². The molecule has 0 fully saturated rings. The molecule has 0 aliphatic heterocycles. The predicted octanol–water partition coefficient (Wildman–Crippen LogP) is 3.53. The van der Waals surface area contributed by atoms with Gasteiger partial charge in [0.15, 0.2) is 0 Å². The maximum absolute atomic E-state index is 13.7. The van der Waals surface area contributed by atoms with Crippen LogP contribution in [0.1, 0.15) is 18.1 Å². The summed E-state index contributed by atoms with van der Waals surface area (Å²) in [5.74, 6) is 0.276. The second kappa shape index (κ2) is 8.13. The highest BCUT2D eigenvalue weighted by Crippen LogP contribution is 2.22. The molecule has 0 amide bonds. The molecule has 2 aromatic rings. The van der Waals surface area contributed by atoms with E-state index < -0.39 is 0 Å². The van der Waals surface area contributed by atoms with Crippen molar-refractivity contribution in [1.29, 1.82) is 0 Å². The first-order valence-corrected chi connectivity index (χ1v) is 7.47. The molecule has 0 heterocycles. The zero-order valence-electron chi connectivity index (χ0n) is 12.4. The lowest BCUT2D eigenvalue weighted by molar-refractivity contribution is 0.191.